The van der Waals surface area contributed by atoms with Gasteiger partial charge in [-0.05, 0) is 12.0 Å². The van der Waals surface area contributed by atoms with Crippen molar-refractivity contribution in [2.24, 2.45) is 0 Å². The Morgan fingerprint density at radius 1 is 1.16 bits per heavy atom. The third-order valence-corrected chi connectivity index (χ3v) is 4.07. The van der Waals surface area contributed by atoms with Crippen LogP contribution in [-0.4, -0.2) is 9.97 Å². The van der Waals surface area contributed by atoms with Crippen molar-refractivity contribution in [2.75, 3.05) is 0 Å². The smallest absolute Gasteiger partial charge is 0.160 e. The fourth-order valence-electron chi connectivity index (χ4n) is 2.43. The van der Waals surface area contributed by atoms with Gasteiger partial charge in [-0.2, -0.15) is 0 Å². The molecule has 0 unspecified atom stereocenters. The predicted octanol–water partition coefficient (Wildman–Crippen LogP) is 3.63. The first-order valence-electron chi connectivity index (χ1n) is 6.52. The average molecular weight is 318 g/mol. The summed E-state index contributed by atoms with van der Waals surface area (Å²) in [7, 11) is 0. The molecule has 2 heterocycles. The summed E-state index contributed by atoms with van der Waals surface area (Å²) in [5, 5.41) is 3.36. The number of fused-ring (bicyclic) bond motifs is 1. The second-order valence-corrected chi connectivity index (χ2v) is 5.95. The molecule has 1 N–H and O–H groups in total. The van der Waals surface area contributed by atoms with E-state index in [-0.39, 0.29) is 0 Å². The van der Waals surface area contributed by atoms with Gasteiger partial charge in [0.15, 0.2) is 5.82 Å². The van der Waals surface area contributed by atoms with E-state index in [1.807, 2.05) is 18.2 Å². The topological polar surface area (TPSA) is 37.8 Å². The van der Waals surface area contributed by atoms with Gasteiger partial charge in [0.1, 0.15) is 0 Å². The fraction of sp³-hybridized carbons (Fsp3) is 0.333. The minimum Gasteiger partial charge on any atom is -0.307 e. The fourth-order valence-corrected chi connectivity index (χ4v) is 2.90. The van der Waals surface area contributed by atoms with Gasteiger partial charge in [0.25, 0.3) is 0 Å². The largest absolute Gasteiger partial charge is 0.307 e. The van der Waals surface area contributed by atoms with Crippen LogP contribution in [0.5, 0.6) is 0 Å². The lowest BCUT2D eigenvalue weighted by Gasteiger charge is -2.13. The first-order valence-corrected chi connectivity index (χ1v) is 7.31. The van der Waals surface area contributed by atoms with Crippen LogP contribution in [0.25, 0.3) is 11.4 Å². The number of nitrogens with one attached hydrogen (secondary N) is 1. The molecule has 1 aromatic heterocycles. The van der Waals surface area contributed by atoms with Crippen molar-refractivity contribution in [1.82, 2.24) is 15.3 Å². The molecule has 4 heteroatoms. The minimum absolute atomic E-state index is 0.415. The first kappa shape index (κ1) is 12.8. The van der Waals surface area contributed by atoms with Crippen molar-refractivity contribution in [1.29, 1.82) is 0 Å². The number of hydrogen-bond acceptors (Lipinski definition) is 3. The van der Waals surface area contributed by atoms with Crippen LogP contribution in [-0.2, 0) is 13.1 Å². The molecule has 0 bridgehead atoms. The van der Waals surface area contributed by atoms with Crippen LogP contribution in [0.2, 0.25) is 0 Å². The minimum atomic E-state index is 0.415. The molecule has 1 aromatic carbocycles. The molecule has 19 heavy (non-hydrogen) atoms. The van der Waals surface area contributed by atoms with E-state index in [2.05, 4.69) is 41.2 Å². The summed E-state index contributed by atoms with van der Waals surface area (Å²) in [4.78, 5) is 9.52. The zero-order chi connectivity index (χ0) is 13.4. The Kier molecular flexibility index (Phi) is 3.37. The highest BCUT2D eigenvalue weighted by atomic mass is 79.9. The molecule has 0 amide bonds. The number of rotatable bonds is 2. The SMILES string of the molecule is CC(C)c1nc(-c2ccccc2Br)nc2c1CNC2. The van der Waals surface area contributed by atoms with Crippen molar-refractivity contribution in [3.63, 3.8) is 0 Å². The molecule has 0 spiro atoms. The van der Waals surface area contributed by atoms with E-state index in [1.54, 1.807) is 0 Å². The summed E-state index contributed by atoms with van der Waals surface area (Å²) in [5.74, 6) is 1.23. The maximum atomic E-state index is 4.79. The highest BCUT2D eigenvalue weighted by molar-refractivity contribution is 9.10. The lowest BCUT2D eigenvalue weighted by atomic mass is 10.0. The Labute approximate surface area is 121 Å². The molecule has 0 radical (unpaired) electrons. The van der Waals surface area contributed by atoms with Crippen LogP contribution < -0.4 is 5.32 Å². The Morgan fingerprint density at radius 2 is 1.95 bits per heavy atom. The molecule has 1 aliphatic rings. The van der Waals surface area contributed by atoms with Crippen molar-refractivity contribution >= 4 is 15.9 Å². The number of nitrogens with zero attached hydrogens (tertiary/aromatic N) is 2. The van der Waals surface area contributed by atoms with E-state index in [1.165, 1.54) is 11.3 Å². The summed E-state index contributed by atoms with van der Waals surface area (Å²) in [6, 6.07) is 8.10. The Bertz CT molecular complexity index is 623. The molecule has 2 aromatic rings. The Hall–Kier alpha value is -1.26. The second-order valence-electron chi connectivity index (χ2n) is 5.10. The lowest BCUT2D eigenvalue weighted by molar-refractivity contribution is 0.746. The van der Waals surface area contributed by atoms with Gasteiger partial charge in [0, 0.05) is 28.7 Å². The predicted molar refractivity (Wildman–Crippen MR) is 79.8 cm³/mol. The summed E-state index contributed by atoms with van der Waals surface area (Å²) < 4.78 is 1.04. The van der Waals surface area contributed by atoms with Gasteiger partial charge in [-0.25, -0.2) is 9.97 Å². The van der Waals surface area contributed by atoms with Crippen LogP contribution >= 0.6 is 15.9 Å². The molecule has 0 fully saturated rings. The lowest BCUT2D eigenvalue weighted by Crippen LogP contribution is -2.05. The Balaban J connectivity index is 2.19. The van der Waals surface area contributed by atoms with Crippen LogP contribution in [0.15, 0.2) is 28.7 Å². The quantitative estimate of drug-likeness (QED) is 0.919. The van der Waals surface area contributed by atoms with E-state index in [0.717, 1.165) is 34.6 Å². The number of benzene rings is 1. The molecular formula is C15H16BrN3. The van der Waals surface area contributed by atoms with Gasteiger partial charge in [-0.1, -0.05) is 48.0 Å². The molecule has 3 nitrogen and oxygen atoms in total. The molecule has 3 rings (SSSR count). The molecule has 0 saturated heterocycles. The van der Waals surface area contributed by atoms with Gasteiger partial charge in [-0.15, -0.1) is 0 Å². The van der Waals surface area contributed by atoms with Crippen LogP contribution in [0.4, 0.5) is 0 Å². The summed E-state index contributed by atoms with van der Waals surface area (Å²) >= 11 is 3.58. The van der Waals surface area contributed by atoms with Crippen molar-refractivity contribution < 1.29 is 0 Å². The molecular weight excluding hydrogens is 302 g/mol. The molecule has 1 aliphatic heterocycles. The van der Waals surface area contributed by atoms with Gasteiger partial charge in [0.05, 0.1) is 11.4 Å². The van der Waals surface area contributed by atoms with Crippen molar-refractivity contribution in [3.05, 3.63) is 45.7 Å². The van der Waals surface area contributed by atoms with E-state index in [0.29, 0.717) is 5.92 Å². The van der Waals surface area contributed by atoms with Gasteiger partial charge in [-0.3, -0.25) is 0 Å². The van der Waals surface area contributed by atoms with Crippen molar-refractivity contribution in [2.45, 2.75) is 32.9 Å². The van der Waals surface area contributed by atoms with Crippen LogP contribution in [0.1, 0.15) is 36.7 Å². The summed E-state index contributed by atoms with van der Waals surface area (Å²) in [6.45, 7) is 6.10. The van der Waals surface area contributed by atoms with E-state index < -0.39 is 0 Å². The first-order chi connectivity index (χ1) is 9.16. The monoisotopic (exact) mass is 317 g/mol. The highest BCUT2D eigenvalue weighted by Gasteiger charge is 2.21. The van der Waals surface area contributed by atoms with Crippen molar-refractivity contribution in [3.8, 4) is 11.4 Å². The normalized spacial score (nSPS) is 13.9. The van der Waals surface area contributed by atoms with Gasteiger partial charge < -0.3 is 5.32 Å². The molecule has 0 atom stereocenters. The summed E-state index contributed by atoms with van der Waals surface area (Å²) in [5.41, 5.74) is 4.65. The van der Waals surface area contributed by atoms with Gasteiger partial charge >= 0.3 is 0 Å². The highest BCUT2D eigenvalue weighted by Crippen LogP contribution is 2.30. The Morgan fingerprint density at radius 3 is 2.68 bits per heavy atom. The molecule has 98 valence electrons. The van der Waals surface area contributed by atoms with Crippen LogP contribution in [0.3, 0.4) is 0 Å². The van der Waals surface area contributed by atoms with Gasteiger partial charge in [0.2, 0.25) is 0 Å². The number of aromatic nitrogens is 2. The zero-order valence-electron chi connectivity index (χ0n) is 11.1. The average Bonchev–Trinajstić information content (AvgIpc) is 2.86. The van der Waals surface area contributed by atoms with E-state index >= 15 is 0 Å². The number of halogens is 1. The molecule has 0 saturated carbocycles. The van der Waals surface area contributed by atoms with Crippen LogP contribution in [0, 0.1) is 0 Å². The zero-order valence-corrected chi connectivity index (χ0v) is 12.7. The standard InChI is InChI=1S/C15H16BrN3/c1-9(2)14-11-7-17-8-13(11)18-15(19-14)10-5-3-4-6-12(10)16/h3-6,9,17H,7-8H2,1-2H3. The van der Waals surface area contributed by atoms with E-state index in [9.17, 15) is 0 Å². The maximum Gasteiger partial charge on any atom is 0.160 e. The third kappa shape index (κ3) is 2.30. The summed E-state index contributed by atoms with van der Waals surface area (Å²) in [6.07, 6.45) is 0. The maximum absolute atomic E-state index is 4.79. The second kappa shape index (κ2) is 5.02. The van der Waals surface area contributed by atoms with E-state index in [4.69, 9.17) is 9.97 Å². The third-order valence-electron chi connectivity index (χ3n) is 3.38. The number of hydrogen-bond donors (Lipinski definition) is 1. The molecule has 0 aliphatic carbocycles.